The normalized spacial score (nSPS) is 28.2. The summed E-state index contributed by atoms with van der Waals surface area (Å²) < 4.78 is 45.5. The van der Waals surface area contributed by atoms with Crippen molar-refractivity contribution in [1.29, 1.82) is 0 Å². The monoisotopic (exact) mass is 628 g/mol. The Bertz CT molecular complexity index is 1360. The molecule has 2 saturated heterocycles. The number of carbonyl (C=O) groups excluding carboxylic acids is 3. The summed E-state index contributed by atoms with van der Waals surface area (Å²) in [7, 11) is 2.75. The Morgan fingerprint density at radius 1 is 0.956 bits per heavy atom. The molecule has 0 saturated carbocycles. The van der Waals surface area contributed by atoms with Crippen LogP contribution < -0.4 is 5.32 Å². The predicted molar refractivity (Wildman–Crippen MR) is 154 cm³/mol. The van der Waals surface area contributed by atoms with Gasteiger partial charge in [0.2, 0.25) is 23.6 Å². The van der Waals surface area contributed by atoms with Gasteiger partial charge in [0.05, 0.1) is 19.3 Å². The van der Waals surface area contributed by atoms with Gasteiger partial charge in [-0.25, -0.2) is 9.59 Å². The first kappa shape index (κ1) is 33.8. The highest BCUT2D eigenvalue weighted by molar-refractivity contribution is 5.88. The summed E-state index contributed by atoms with van der Waals surface area (Å²) in [5.41, 5.74) is 10.4. The van der Waals surface area contributed by atoms with E-state index in [0.29, 0.717) is 5.56 Å². The predicted octanol–water partition coefficient (Wildman–Crippen LogP) is 3.15. The van der Waals surface area contributed by atoms with Gasteiger partial charge in [0.1, 0.15) is 19.3 Å². The van der Waals surface area contributed by atoms with Crippen molar-refractivity contribution in [1.82, 2.24) is 5.32 Å². The summed E-state index contributed by atoms with van der Waals surface area (Å²) in [6.07, 6.45) is -5.89. The number of esters is 1. The molecule has 45 heavy (non-hydrogen) atoms. The molecule has 0 radical (unpaired) electrons. The van der Waals surface area contributed by atoms with Crippen LogP contribution in [0.3, 0.4) is 0 Å². The van der Waals surface area contributed by atoms with E-state index in [1.807, 2.05) is 12.1 Å². The molecule has 2 fully saturated rings. The minimum atomic E-state index is -1.60. The van der Waals surface area contributed by atoms with E-state index in [4.69, 9.17) is 43.4 Å². The molecule has 2 heterocycles. The Kier molecular flexibility index (Phi) is 11.5. The number of carbonyl (C=O) groups is 3. The highest BCUT2D eigenvalue weighted by atomic mass is 16.8. The molecule has 1 N–H and O–H groups in total. The Morgan fingerprint density at radius 2 is 1.53 bits per heavy atom. The standard InChI is InChI=1S/C30H36N4O11/c1-29(38-3)30(2,39-4)45-25-23(35)27(43-22(15-32-34-31)24(25)44-29)41-18-21(26(36)40-16-19-11-7-5-8-12-19)33-28(37)42-17-20-13-9-6-10-14-20/h5-14,21-22,24-25,27H,15-18H2,1-4H3,(H,33,37)/t21-,22+,24+,25+,27-,29-,30-/m0/s1. The van der Waals surface area contributed by atoms with E-state index >= 15 is 0 Å². The van der Waals surface area contributed by atoms with E-state index in [9.17, 15) is 14.4 Å². The fraction of sp³-hybridized carbons (Fsp3) is 0.500. The molecule has 15 heteroatoms. The largest absolute Gasteiger partial charge is 0.459 e. The lowest BCUT2D eigenvalue weighted by Crippen LogP contribution is -2.72. The second-order valence-electron chi connectivity index (χ2n) is 10.4. The van der Waals surface area contributed by atoms with Gasteiger partial charge in [-0.05, 0) is 30.5 Å². The van der Waals surface area contributed by atoms with Crippen LogP contribution in [0.1, 0.15) is 25.0 Å². The molecule has 2 aromatic rings. The molecule has 0 spiro atoms. The van der Waals surface area contributed by atoms with Crippen LogP contribution in [0.4, 0.5) is 4.79 Å². The Balaban J connectivity index is 1.48. The van der Waals surface area contributed by atoms with Gasteiger partial charge in [-0.2, -0.15) is 0 Å². The third kappa shape index (κ3) is 8.15. The van der Waals surface area contributed by atoms with Crippen molar-refractivity contribution in [3.8, 4) is 0 Å². The average Bonchev–Trinajstić information content (AvgIpc) is 3.06. The maximum Gasteiger partial charge on any atom is 0.408 e. The first-order chi connectivity index (χ1) is 21.6. The molecular weight excluding hydrogens is 592 g/mol. The van der Waals surface area contributed by atoms with E-state index in [0.717, 1.165) is 5.56 Å². The number of ether oxygens (including phenoxy) is 8. The number of rotatable bonds is 13. The third-order valence-electron chi connectivity index (χ3n) is 7.55. The van der Waals surface area contributed by atoms with Gasteiger partial charge in [-0.15, -0.1) is 0 Å². The van der Waals surface area contributed by atoms with Crippen molar-refractivity contribution in [2.75, 3.05) is 27.4 Å². The molecule has 0 bridgehead atoms. The maximum atomic E-state index is 13.6. The Morgan fingerprint density at radius 3 is 2.11 bits per heavy atom. The molecule has 2 aliphatic heterocycles. The second-order valence-corrected chi connectivity index (χ2v) is 10.4. The Labute approximate surface area is 259 Å². The quantitative estimate of drug-likeness (QED) is 0.149. The van der Waals surface area contributed by atoms with Crippen molar-refractivity contribution in [3.63, 3.8) is 0 Å². The summed E-state index contributed by atoms with van der Waals surface area (Å²) in [4.78, 5) is 42.1. The van der Waals surface area contributed by atoms with Crippen LogP contribution in [0.2, 0.25) is 0 Å². The van der Waals surface area contributed by atoms with Crippen LogP contribution in [0.25, 0.3) is 10.4 Å². The van der Waals surface area contributed by atoms with Gasteiger partial charge < -0.3 is 43.2 Å². The van der Waals surface area contributed by atoms with E-state index in [2.05, 4.69) is 15.3 Å². The zero-order valence-corrected chi connectivity index (χ0v) is 25.3. The fourth-order valence-corrected chi connectivity index (χ4v) is 4.71. The first-order valence-corrected chi connectivity index (χ1v) is 14.1. The zero-order chi connectivity index (χ0) is 32.5. The minimum Gasteiger partial charge on any atom is -0.459 e. The molecule has 2 aliphatic rings. The maximum absolute atomic E-state index is 13.6. The smallest absolute Gasteiger partial charge is 0.408 e. The van der Waals surface area contributed by atoms with Crippen LogP contribution in [-0.2, 0) is 60.7 Å². The van der Waals surface area contributed by atoms with Gasteiger partial charge >= 0.3 is 12.1 Å². The van der Waals surface area contributed by atoms with Crippen LogP contribution in [0.5, 0.6) is 0 Å². The average molecular weight is 629 g/mol. The number of benzene rings is 2. The number of ketones is 1. The van der Waals surface area contributed by atoms with Crippen LogP contribution in [0, 0.1) is 0 Å². The van der Waals surface area contributed by atoms with E-state index < -0.39 is 66.7 Å². The van der Waals surface area contributed by atoms with E-state index in [1.165, 1.54) is 21.1 Å². The Hall–Kier alpha value is -4.08. The molecule has 242 valence electrons. The number of nitrogens with one attached hydrogen (secondary N) is 1. The van der Waals surface area contributed by atoms with Crippen molar-refractivity contribution >= 4 is 17.8 Å². The fourth-order valence-electron chi connectivity index (χ4n) is 4.71. The lowest BCUT2D eigenvalue weighted by Gasteiger charge is -2.54. The van der Waals surface area contributed by atoms with Crippen molar-refractivity contribution < 1.29 is 52.3 Å². The SMILES string of the molecule is CO[C@@]1(C)O[C@H]2[C@H](O[C@]1(C)OC)C(=O)[C@@H](OC[C@H](NC(=O)OCc1ccccc1)C(=O)OCc1ccccc1)O[C@@H]2CN=[N+]=[N-]. The summed E-state index contributed by atoms with van der Waals surface area (Å²) >= 11 is 0. The molecular formula is C30H36N4O11. The molecule has 15 nitrogen and oxygen atoms in total. The molecule has 7 atom stereocenters. The molecule has 1 amide bonds. The number of hydrogen-bond donors (Lipinski definition) is 1. The number of Topliss-reactive ketones (excluding diaryl/α,β-unsaturated/α-hetero) is 1. The zero-order valence-electron chi connectivity index (χ0n) is 25.3. The summed E-state index contributed by atoms with van der Waals surface area (Å²) in [6, 6.07) is 16.5. The third-order valence-corrected chi connectivity index (χ3v) is 7.55. The molecule has 2 aromatic carbocycles. The number of azide groups is 1. The lowest BCUT2D eigenvalue weighted by atomic mass is 9.95. The molecule has 0 aromatic heterocycles. The molecule has 4 rings (SSSR count). The minimum absolute atomic E-state index is 0.0519. The van der Waals surface area contributed by atoms with Gasteiger partial charge in [0, 0.05) is 19.1 Å². The number of hydrogen-bond acceptors (Lipinski definition) is 12. The highest BCUT2D eigenvalue weighted by Crippen LogP contribution is 2.42. The number of alkyl carbamates (subject to hydrolysis) is 1. The molecule has 0 unspecified atom stereocenters. The number of fused-ring (bicyclic) bond motifs is 1. The topological polar surface area (TPSA) is 186 Å². The summed E-state index contributed by atoms with van der Waals surface area (Å²) in [5, 5.41) is 6.00. The highest BCUT2D eigenvalue weighted by Gasteiger charge is 2.62. The summed E-state index contributed by atoms with van der Waals surface area (Å²) in [5.74, 6) is -4.53. The van der Waals surface area contributed by atoms with Gasteiger partial charge in [-0.3, -0.25) is 4.79 Å². The van der Waals surface area contributed by atoms with Gasteiger partial charge in [0.15, 0.2) is 12.1 Å². The molecule has 0 aliphatic carbocycles. The van der Waals surface area contributed by atoms with Crippen LogP contribution in [0.15, 0.2) is 65.8 Å². The van der Waals surface area contributed by atoms with Crippen LogP contribution >= 0.6 is 0 Å². The lowest BCUT2D eigenvalue weighted by molar-refractivity contribution is -0.456. The second kappa shape index (κ2) is 15.3. The first-order valence-electron chi connectivity index (χ1n) is 14.1. The van der Waals surface area contributed by atoms with E-state index in [-0.39, 0.29) is 19.8 Å². The summed E-state index contributed by atoms with van der Waals surface area (Å²) in [6.45, 7) is 2.19. The van der Waals surface area contributed by atoms with Gasteiger partial charge in [0.25, 0.3) is 0 Å². The number of methoxy groups -OCH3 is 2. The number of nitrogens with zero attached hydrogens (tertiary/aromatic N) is 3. The van der Waals surface area contributed by atoms with Gasteiger partial charge in [-0.1, -0.05) is 65.8 Å². The van der Waals surface area contributed by atoms with Crippen molar-refractivity contribution in [3.05, 3.63) is 82.2 Å². The van der Waals surface area contributed by atoms with Crippen molar-refractivity contribution in [2.45, 2.75) is 69.3 Å². The van der Waals surface area contributed by atoms with E-state index in [1.54, 1.807) is 55.5 Å². The van der Waals surface area contributed by atoms with Crippen LogP contribution in [-0.4, -0.2) is 87.4 Å². The number of amides is 1. The van der Waals surface area contributed by atoms with Crippen molar-refractivity contribution in [2.24, 2.45) is 5.11 Å².